The summed E-state index contributed by atoms with van der Waals surface area (Å²) in [7, 11) is 0. The molecule has 3 aromatic heterocycles. The van der Waals surface area contributed by atoms with Crippen LogP contribution in [0.4, 0.5) is 13.2 Å². The van der Waals surface area contributed by atoms with Crippen LogP contribution in [0.5, 0.6) is 0 Å². The standard InChI is InChI=1S/C27H18F3N5O3/c28-27(29,30)26(37)38-25(36)19-8-6-17(7-9-19)15-35-16-21(13-33-35)20-10-11-31-22(12-20)24-32-14-23(34-24)18-4-2-1-3-5-18/h1-14,16H,15H2,(H,32,34). The number of aromatic nitrogens is 5. The van der Waals surface area contributed by atoms with Gasteiger partial charge in [0, 0.05) is 18.0 Å². The van der Waals surface area contributed by atoms with Crippen molar-refractivity contribution in [3.8, 4) is 33.9 Å². The van der Waals surface area contributed by atoms with Gasteiger partial charge in [0.1, 0.15) is 5.69 Å². The number of esters is 2. The van der Waals surface area contributed by atoms with Crippen molar-refractivity contribution < 1.29 is 27.5 Å². The van der Waals surface area contributed by atoms with E-state index in [1.807, 2.05) is 48.7 Å². The van der Waals surface area contributed by atoms with Crippen LogP contribution in [0.2, 0.25) is 0 Å². The van der Waals surface area contributed by atoms with Crippen LogP contribution in [0.3, 0.4) is 0 Å². The Balaban J connectivity index is 1.27. The summed E-state index contributed by atoms with van der Waals surface area (Å²) in [5.74, 6) is -3.30. The van der Waals surface area contributed by atoms with Crippen molar-refractivity contribution in [3.63, 3.8) is 0 Å². The van der Waals surface area contributed by atoms with E-state index < -0.39 is 18.1 Å². The lowest BCUT2D eigenvalue weighted by Gasteiger charge is -2.06. The molecule has 0 bridgehead atoms. The Morgan fingerprint density at radius 2 is 1.66 bits per heavy atom. The highest BCUT2D eigenvalue weighted by atomic mass is 19.4. The van der Waals surface area contributed by atoms with E-state index in [9.17, 15) is 22.8 Å². The van der Waals surface area contributed by atoms with Gasteiger partial charge in [-0.3, -0.25) is 9.67 Å². The monoisotopic (exact) mass is 517 g/mol. The molecule has 0 aliphatic rings. The lowest BCUT2D eigenvalue weighted by atomic mass is 10.1. The van der Waals surface area contributed by atoms with Crippen molar-refractivity contribution in [2.24, 2.45) is 0 Å². The molecular weight excluding hydrogens is 499 g/mol. The van der Waals surface area contributed by atoms with Crippen LogP contribution in [0.1, 0.15) is 15.9 Å². The molecule has 3 heterocycles. The predicted octanol–water partition coefficient (Wildman–Crippen LogP) is 5.30. The van der Waals surface area contributed by atoms with Gasteiger partial charge < -0.3 is 9.72 Å². The largest absolute Gasteiger partial charge is 0.491 e. The molecule has 190 valence electrons. The van der Waals surface area contributed by atoms with E-state index in [1.165, 1.54) is 12.1 Å². The Labute approximate surface area is 213 Å². The van der Waals surface area contributed by atoms with Crippen LogP contribution < -0.4 is 0 Å². The van der Waals surface area contributed by atoms with Crippen LogP contribution in [-0.4, -0.2) is 42.8 Å². The number of ether oxygens (including phenoxy) is 1. The van der Waals surface area contributed by atoms with Crippen molar-refractivity contribution in [1.29, 1.82) is 0 Å². The van der Waals surface area contributed by atoms with Gasteiger partial charge in [-0.25, -0.2) is 14.6 Å². The molecule has 0 saturated heterocycles. The molecule has 11 heteroatoms. The van der Waals surface area contributed by atoms with E-state index in [1.54, 1.807) is 35.4 Å². The molecule has 0 spiro atoms. The molecule has 1 N–H and O–H groups in total. The number of H-pyrrole nitrogens is 1. The maximum Gasteiger partial charge on any atom is 0.491 e. The number of halogens is 3. The van der Waals surface area contributed by atoms with Gasteiger partial charge >= 0.3 is 18.1 Å². The Hall–Kier alpha value is -5.06. The number of benzene rings is 2. The van der Waals surface area contributed by atoms with Crippen molar-refractivity contribution in [3.05, 3.63) is 103 Å². The lowest BCUT2D eigenvalue weighted by Crippen LogP contribution is -2.28. The number of imidazole rings is 1. The minimum atomic E-state index is -5.24. The molecule has 5 rings (SSSR count). The van der Waals surface area contributed by atoms with E-state index in [4.69, 9.17) is 0 Å². The number of hydrogen-bond acceptors (Lipinski definition) is 6. The summed E-state index contributed by atoms with van der Waals surface area (Å²) in [6.07, 6.45) is 1.74. The molecular formula is C27H18F3N5O3. The van der Waals surface area contributed by atoms with Gasteiger partial charge in [-0.15, -0.1) is 0 Å². The number of nitrogens with zero attached hydrogens (tertiary/aromatic N) is 4. The van der Waals surface area contributed by atoms with E-state index in [0.29, 0.717) is 18.1 Å². The van der Waals surface area contributed by atoms with Gasteiger partial charge in [0.15, 0.2) is 5.82 Å². The average Bonchev–Trinajstić information content (AvgIpc) is 3.60. The number of nitrogens with one attached hydrogen (secondary N) is 1. The van der Waals surface area contributed by atoms with Gasteiger partial charge in [0.25, 0.3) is 0 Å². The normalized spacial score (nSPS) is 11.3. The maximum absolute atomic E-state index is 12.3. The minimum absolute atomic E-state index is 0.176. The van der Waals surface area contributed by atoms with Gasteiger partial charge in [-0.1, -0.05) is 42.5 Å². The molecule has 0 unspecified atom stereocenters. The number of carbonyl (C=O) groups excluding carboxylic acids is 2. The molecule has 0 saturated carbocycles. The summed E-state index contributed by atoms with van der Waals surface area (Å²) < 4.78 is 42.4. The predicted molar refractivity (Wildman–Crippen MR) is 130 cm³/mol. The lowest BCUT2D eigenvalue weighted by molar-refractivity contribution is -0.193. The fourth-order valence-corrected chi connectivity index (χ4v) is 3.69. The Kier molecular flexibility index (Phi) is 6.56. The number of aromatic amines is 1. The second-order valence-electron chi connectivity index (χ2n) is 8.24. The highest BCUT2D eigenvalue weighted by Gasteiger charge is 2.42. The zero-order chi connectivity index (χ0) is 26.7. The molecule has 0 radical (unpaired) electrons. The fraction of sp³-hybridized carbons (Fsp3) is 0.0741. The Morgan fingerprint density at radius 1 is 0.895 bits per heavy atom. The Morgan fingerprint density at radius 3 is 2.39 bits per heavy atom. The van der Waals surface area contributed by atoms with Crippen LogP contribution in [-0.2, 0) is 16.1 Å². The van der Waals surface area contributed by atoms with Crippen molar-refractivity contribution in [2.45, 2.75) is 12.7 Å². The summed E-state index contributed by atoms with van der Waals surface area (Å²) in [5, 5.41) is 4.37. The number of pyridine rings is 1. The highest BCUT2D eigenvalue weighted by Crippen LogP contribution is 2.25. The first-order valence-electron chi connectivity index (χ1n) is 11.3. The molecule has 0 fully saturated rings. The molecule has 5 aromatic rings. The number of carbonyl (C=O) groups is 2. The first-order valence-corrected chi connectivity index (χ1v) is 11.3. The maximum atomic E-state index is 12.3. The summed E-state index contributed by atoms with van der Waals surface area (Å²) >= 11 is 0. The smallest absolute Gasteiger partial charge is 0.383 e. The molecule has 0 aliphatic heterocycles. The second-order valence-corrected chi connectivity index (χ2v) is 8.24. The van der Waals surface area contributed by atoms with Crippen molar-refractivity contribution in [2.75, 3.05) is 0 Å². The van der Waals surface area contributed by atoms with Crippen LogP contribution >= 0.6 is 0 Å². The highest BCUT2D eigenvalue weighted by molar-refractivity contribution is 5.98. The third-order valence-electron chi connectivity index (χ3n) is 5.58. The topological polar surface area (TPSA) is 103 Å². The van der Waals surface area contributed by atoms with Gasteiger partial charge in [-0.05, 0) is 41.0 Å². The molecule has 38 heavy (non-hydrogen) atoms. The molecule has 0 aliphatic carbocycles. The first kappa shape index (κ1) is 24.6. The van der Waals surface area contributed by atoms with Gasteiger partial charge in [0.05, 0.1) is 30.2 Å². The second kappa shape index (κ2) is 10.1. The van der Waals surface area contributed by atoms with Crippen LogP contribution in [0.25, 0.3) is 33.9 Å². The third-order valence-corrected chi connectivity index (χ3v) is 5.58. The zero-order valence-electron chi connectivity index (χ0n) is 19.5. The number of hydrogen-bond donors (Lipinski definition) is 1. The van der Waals surface area contributed by atoms with Crippen LogP contribution in [0.15, 0.2) is 91.5 Å². The van der Waals surface area contributed by atoms with E-state index in [2.05, 4.69) is 24.8 Å². The van der Waals surface area contributed by atoms with Gasteiger partial charge in [-0.2, -0.15) is 18.3 Å². The summed E-state index contributed by atoms with van der Waals surface area (Å²) in [5.41, 5.74) is 4.85. The van der Waals surface area contributed by atoms with E-state index in [0.717, 1.165) is 27.9 Å². The molecule has 0 atom stereocenters. The quantitative estimate of drug-likeness (QED) is 0.242. The van der Waals surface area contributed by atoms with Crippen LogP contribution in [0, 0.1) is 0 Å². The zero-order valence-corrected chi connectivity index (χ0v) is 19.5. The summed E-state index contributed by atoms with van der Waals surface area (Å²) in [6.45, 7) is 0.341. The Bertz CT molecular complexity index is 1590. The van der Waals surface area contributed by atoms with Gasteiger partial charge in [0.2, 0.25) is 0 Å². The number of rotatable bonds is 6. The number of alkyl halides is 3. The fourth-order valence-electron chi connectivity index (χ4n) is 3.69. The van der Waals surface area contributed by atoms with Crippen molar-refractivity contribution in [1.82, 2.24) is 24.7 Å². The minimum Gasteiger partial charge on any atom is -0.383 e. The SMILES string of the molecule is O=C(OC(=O)C(F)(F)F)c1ccc(Cn2cc(-c3ccnc(-c4ncc(-c5ccccc5)[nH]4)c3)cn2)cc1. The van der Waals surface area contributed by atoms with Crippen molar-refractivity contribution >= 4 is 11.9 Å². The first-order chi connectivity index (χ1) is 18.3. The third kappa shape index (κ3) is 5.51. The van der Waals surface area contributed by atoms with E-state index >= 15 is 0 Å². The molecule has 0 amide bonds. The summed E-state index contributed by atoms with van der Waals surface area (Å²) in [4.78, 5) is 34.8. The van der Waals surface area contributed by atoms with E-state index in [-0.39, 0.29) is 5.56 Å². The average molecular weight is 517 g/mol. The molecule has 8 nitrogen and oxygen atoms in total. The summed E-state index contributed by atoms with van der Waals surface area (Å²) in [6, 6.07) is 19.2. The molecule has 2 aromatic carbocycles.